The third-order valence-electron chi connectivity index (χ3n) is 9.29. The van der Waals surface area contributed by atoms with Crippen molar-refractivity contribution in [2.75, 3.05) is 0 Å². The molecule has 0 aliphatic rings. The average Bonchev–Trinajstić information content (AvgIpc) is 3.40. The van der Waals surface area contributed by atoms with E-state index in [0.29, 0.717) is 29.9 Å². The van der Waals surface area contributed by atoms with Crippen molar-refractivity contribution >= 4 is 5.65 Å². The Labute approximate surface area is 293 Å². The van der Waals surface area contributed by atoms with Crippen LogP contribution in [0.3, 0.4) is 0 Å². The molecule has 49 heavy (non-hydrogen) atoms. The van der Waals surface area contributed by atoms with Crippen LogP contribution in [0.15, 0.2) is 79.0 Å². The van der Waals surface area contributed by atoms with Gasteiger partial charge in [-0.15, -0.1) is 0 Å². The molecule has 3 aromatic carbocycles. The molecule has 0 unspecified atom stereocenters. The quantitative estimate of drug-likeness (QED) is 0.0870. The predicted octanol–water partition coefficient (Wildman–Crippen LogP) is 10.9. The molecule has 0 saturated carbocycles. The lowest BCUT2D eigenvalue weighted by molar-refractivity contribution is 0.442. The van der Waals surface area contributed by atoms with Gasteiger partial charge in [-0.2, -0.15) is 0 Å². The number of unbranched alkanes of at least 4 members (excludes halogenated alkanes) is 10. The van der Waals surface area contributed by atoms with Gasteiger partial charge in [-0.25, -0.2) is 9.97 Å². The summed E-state index contributed by atoms with van der Waals surface area (Å²) in [6, 6.07) is 23.9. The van der Waals surface area contributed by atoms with Crippen molar-refractivity contribution in [1.29, 1.82) is 0 Å². The number of fused-ring (bicyclic) bond motifs is 1. The molecule has 0 amide bonds. The molecular weight excluding hydrogens is 603 g/mol. The van der Waals surface area contributed by atoms with Gasteiger partial charge in [0.1, 0.15) is 11.4 Å². The number of aromatic nitrogens is 3. The topological polar surface area (TPSA) is 70.7 Å². The number of imidazole rings is 1. The van der Waals surface area contributed by atoms with Crippen molar-refractivity contribution in [1.82, 2.24) is 14.4 Å². The van der Waals surface area contributed by atoms with Gasteiger partial charge in [0.05, 0.1) is 11.4 Å². The first-order valence-corrected chi connectivity index (χ1v) is 18.3. The minimum absolute atomic E-state index is 0.0732. The van der Waals surface area contributed by atoms with E-state index in [4.69, 9.17) is 9.97 Å². The molecule has 0 aliphatic carbocycles. The van der Waals surface area contributed by atoms with E-state index in [-0.39, 0.29) is 17.0 Å². The van der Waals surface area contributed by atoms with Crippen molar-refractivity contribution in [2.24, 2.45) is 0 Å². The highest BCUT2D eigenvalue weighted by atomic mass is 16.3. The van der Waals surface area contributed by atoms with Gasteiger partial charge in [-0.1, -0.05) is 134 Å². The van der Waals surface area contributed by atoms with Crippen LogP contribution in [-0.4, -0.2) is 24.6 Å². The minimum Gasteiger partial charge on any atom is -0.508 e. The van der Waals surface area contributed by atoms with Crippen molar-refractivity contribution < 1.29 is 10.2 Å². The molecule has 5 heteroatoms. The van der Waals surface area contributed by atoms with E-state index in [9.17, 15) is 10.2 Å². The lowest BCUT2D eigenvalue weighted by Crippen LogP contribution is -2.10. The van der Waals surface area contributed by atoms with Gasteiger partial charge in [-0.05, 0) is 64.9 Å². The maximum Gasteiger partial charge on any atom is 0.219 e. The molecule has 0 saturated heterocycles. The van der Waals surface area contributed by atoms with Gasteiger partial charge in [0.15, 0.2) is 5.65 Å². The Morgan fingerprint density at radius 1 is 0.653 bits per heavy atom. The highest BCUT2D eigenvalue weighted by molar-refractivity contribution is 5.64. The molecule has 2 heterocycles. The lowest BCUT2D eigenvalue weighted by atomic mass is 9.86. The summed E-state index contributed by atoms with van der Waals surface area (Å²) < 4.78 is 1.75. The summed E-state index contributed by atoms with van der Waals surface area (Å²) in [6.45, 7) is 8.91. The third-order valence-corrected chi connectivity index (χ3v) is 9.29. The first-order valence-electron chi connectivity index (χ1n) is 18.3. The first kappa shape index (κ1) is 35.7. The van der Waals surface area contributed by atoms with Crippen LogP contribution in [0, 0.1) is 11.8 Å². The molecule has 256 valence electrons. The molecule has 2 aromatic heterocycles. The number of phenolic OH excluding ortho intramolecular Hbond substituents is 1. The summed E-state index contributed by atoms with van der Waals surface area (Å²) in [5, 5.41) is 21.3. The summed E-state index contributed by atoms with van der Waals surface area (Å²) >= 11 is 0. The molecule has 0 spiro atoms. The second-order valence-electron chi connectivity index (χ2n) is 14.4. The monoisotopic (exact) mass is 655 g/mol. The standard InChI is InChI=1S/C44H53N3O2/c1-5-6-7-8-9-10-11-12-13-14-15-16-17-33-18-20-34(21-19-33)31-40-43(49)47-32-41(36-24-28-38(48)29-25-36)45-39(42(47)46-40)30-35-22-26-37(27-23-35)44(2,3)4/h18-29,32,48-49H,5-15,30-31H2,1-4H3. The van der Waals surface area contributed by atoms with Gasteiger partial charge in [0, 0.05) is 36.6 Å². The molecule has 5 aromatic rings. The largest absolute Gasteiger partial charge is 0.508 e. The number of phenols is 1. The maximum absolute atomic E-state index is 11.4. The van der Waals surface area contributed by atoms with Crippen LogP contribution < -0.4 is 0 Å². The van der Waals surface area contributed by atoms with Crippen LogP contribution in [0.25, 0.3) is 16.9 Å². The zero-order valence-corrected chi connectivity index (χ0v) is 29.9. The van der Waals surface area contributed by atoms with Crippen molar-refractivity contribution in [2.45, 2.75) is 117 Å². The van der Waals surface area contributed by atoms with Crippen LogP contribution in [0.5, 0.6) is 11.6 Å². The first-order chi connectivity index (χ1) is 23.7. The highest BCUT2D eigenvalue weighted by Crippen LogP contribution is 2.30. The number of rotatable bonds is 15. The SMILES string of the molecule is CCCCCCCCCCCCC#Cc1ccc(Cc2nc3c(Cc4ccc(C(C)(C)C)cc4)nc(-c4ccc(O)cc4)cn3c2O)cc1. The van der Waals surface area contributed by atoms with Crippen LogP contribution in [0.4, 0.5) is 0 Å². The summed E-state index contributed by atoms with van der Waals surface area (Å²) in [5.74, 6) is 6.99. The van der Waals surface area contributed by atoms with E-state index in [0.717, 1.165) is 34.4 Å². The Morgan fingerprint density at radius 3 is 1.84 bits per heavy atom. The van der Waals surface area contributed by atoms with Crippen LogP contribution in [0.2, 0.25) is 0 Å². The van der Waals surface area contributed by atoms with Crippen LogP contribution >= 0.6 is 0 Å². The average molecular weight is 656 g/mol. The number of hydrogen-bond donors (Lipinski definition) is 2. The third kappa shape index (κ3) is 10.2. The van der Waals surface area contributed by atoms with E-state index >= 15 is 0 Å². The van der Waals surface area contributed by atoms with E-state index < -0.39 is 0 Å². The number of aromatic hydroxyl groups is 2. The summed E-state index contributed by atoms with van der Waals surface area (Å²) in [5.41, 5.74) is 8.13. The smallest absolute Gasteiger partial charge is 0.219 e. The van der Waals surface area contributed by atoms with Crippen LogP contribution in [0.1, 0.15) is 132 Å². The van der Waals surface area contributed by atoms with E-state index in [1.54, 1.807) is 16.5 Å². The molecule has 0 radical (unpaired) electrons. The number of nitrogens with zero attached hydrogens (tertiary/aromatic N) is 3. The molecule has 0 bridgehead atoms. The Morgan fingerprint density at radius 2 is 1.22 bits per heavy atom. The fourth-order valence-electron chi connectivity index (χ4n) is 6.23. The van der Waals surface area contributed by atoms with E-state index in [1.807, 2.05) is 18.3 Å². The Balaban J connectivity index is 1.26. The Hall–Kier alpha value is -4.56. The summed E-state index contributed by atoms with van der Waals surface area (Å²) in [6.07, 6.45) is 17.2. The minimum atomic E-state index is 0.0732. The molecule has 0 fully saturated rings. The fourth-order valence-corrected chi connectivity index (χ4v) is 6.23. The van der Waals surface area contributed by atoms with Crippen LogP contribution in [-0.2, 0) is 18.3 Å². The molecule has 5 rings (SSSR count). The zero-order valence-electron chi connectivity index (χ0n) is 29.9. The molecule has 2 N–H and O–H groups in total. The maximum atomic E-state index is 11.4. The second kappa shape index (κ2) is 17.2. The van der Waals surface area contributed by atoms with Gasteiger partial charge in [0.2, 0.25) is 5.88 Å². The Kier molecular flexibility index (Phi) is 12.5. The van der Waals surface area contributed by atoms with Crippen molar-refractivity contribution in [3.63, 3.8) is 0 Å². The Bertz CT molecular complexity index is 1830. The molecule has 0 atom stereocenters. The molecule has 0 aliphatic heterocycles. The van der Waals surface area contributed by atoms with Gasteiger partial charge >= 0.3 is 0 Å². The highest BCUT2D eigenvalue weighted by Gasteiger charge is 2.19. The number of benzene rings is 3. The van der Waals surface area contributed by atoms with Crippen molar-refractivity contribution in [3.05, 3.63) is 113 Å². The van der Waals surface area contributed by atoms with Crippen molar-refractivity contribution in [3.8, 4) is 34.7 Å². The van der Waals surface area contributed by atoms with Gasteiger partial charge < -0.3 is 10.2 Å². The zero-order chi connectivity index (χ0) is 34.6. The second-order valence-corrected chi connectivity index (χ2v) is 14.4. The summed E-state index contributed by atoms with van der Waals surface area (Å²) in [7, 11) is 0. The predicted molar refractivity (Wildman–Crippen MR) is 202 cm³/mol. The van der Waals surface area contributed by atoms with Gasteiger partial charge in [-0.3, -0.25) is 4.40 Å². The van der Waals surface area contributed by atoms with Gasteiger partial charge in [0.25, 0.3) is 0 Å². The normalized spacial score (nSPS) is 11.5. The van der Waals surface area contributed by atoms with E-state index in [2.05, 4.69) is 88.1 Å². The molecular formula is C44H53N3O2. The molecule has 5 nitrogen and oxygen atoms in total. The summed E-state index contributed by atoms with van der Waals surface area (Å²) in [4.78, 5) is 9.95. The lowest BCUT2D eigenvalue weighted by Gasteiger charge is -2.19. The number of hydrogen-bond acceptors (Lipinski definition) is 4. The fraction of sp³-hybridized carbons (Fsp3) is 0.409. The van der Waals surface area contributed by atoms with E-state index in [1.165, 1.54) is 69.8 Å².